The minimum atomic E-state index is -5.06. The SMILES string of the molecule is C[C@H]1[C@@H](CSc2nnnn2-c2ccccc2)O[C@@H](c2cccc(NC(=O)[C@@H]3CCCN3C(=O)C(F)(F)F)c2)O[C@H]1c1ccc(CO)cc1. The lowest BCUT2D eigenvalue weighted by molar-refractivity contribution is -0.268. The fraction of sp³-hybridized carbons (Fsp3) is 0.364. The van der Waals surface area contributed by atoms with Crippen LogP contribution in [-0.2, 0) is 25.7 Å². The minimum Gasteiger partial charge on any atom is -0.392 e. The Hall–Kier alpha value is -4.31. The summed E-state index contributed by atoms with van der Waals surface area (Å²) in [6.07, 6.45) is -6.27. The van der Waals surface area contributed by atoms with Gasteiger partial charge in [-0.2, -0.15) is 17.9 Å². The molecule has 48 heavy (non-hydrogen) atoms. The fourth-order valence-corrected chi connectivity index (χ4v) is 6.95. The molecule has 0 radical (unpaired) electrons. The van der Waals surface area contributed by atoms with Crippen LogP contribution in [0, 0.1) is 5.92 Å². The van der Waals surface area contributed by atoms with E-state index >= 15 is 0 Å². The van der Waals surface area contributed by atoms with E-state index in [1.165, 1.54) is 11.8 Å². The molecule has 1 aromatic heterocycles. The molecule has 6 rings (SSSR count). The third kappa shape index (κ3) is 7.38. The Bertz CT molecular complexity index is 1720. The average Bonchev–Trinajstić information content (AvgIpc) is 3.78. The Morgan fingerprint density at radius 2 is 1.79 bits per heavy atom. The summed E-state index contributed by atoms with van der Waals surface area (Å²) in [4.78, 5) is 25.6. The third-order valence-corrected chi connectivity index (χ3v) is 9.43. The van der Waals surface area contributed by atoms with E-state index in [4.69, 9.17) is 9.47 Å². The monoisotopic (exact) mass is 682 g/mol. The summed E-state index contributed by atoms with van der Waals surface area (Å²) in [5.74, 6) is -2.38. The minimum absolute atomic E-state index is 0.0933. The number of likely N-dealkylation sites (tertiary alicyclic amines) is 1. The maximum absolute atomic E-state index is 13.1. The van der Waals surface area contributed by atoms with Crippen LogP contribution in [0.3, 0.4) is 0 Å². The Balaban J connectivity index is 1.22. The molecule has 4 aromatic rings. The molecule has 15 heteroatoms. The maximum Gasteiger partial charge on any atom is 0.471 e. The molecule has 2 fully saturated rings. The number of rotatable bonds is 9. The van der Waals surface area contributed by atoms with Gasteiger partial charge in [-0.05, 0) is 58.7 Å². The van der Waals surface area contributed by atoms with Crippen molar-refractivity contribution in [3.8, 4) is 5.69 Å². The van der Waals surface area contributed by atoms with E-state index < -0.39 is 36.4 Å². The van der Waals surface area contributed by atoms with Crippen LogP contribution in [-0.4, -0.2) is 72.6 Å². The Morgan fingerprint density at radius 1 is 1.02 bits per heavy atom. The van der Waals surface area contributed by atoms with Crippen LogP contribution in [0.1, 0.15) is 48.8 Å². The van der Waals surface area contributed by atoms with E-state index in [1.807, 2.05) is 61.5 Å². The van der Waals surface area contributed by atoms with Crippen LogP contribution < -0.4 is 5.32 Å². The summed E-state index contributed by atoms with van der Waals surface area (Å²) in [5, 5.41) is 25.0. The van der Waals surface area contributed by atoms with Crippen molar-refractivity contribution in [3.05, 3.63) is 95.6 Å². The Labute approximate surface area is 278 Å². The van der Waals surface area contributed by atoms with Gasteiger partial charge < -0.3 is 24.8 Å². The van der Waals surface area contributed by atoms with Crippen molar-refractivity contribution in [3.63, 3.8) is 0 Å². The number of hydrogen-bond acceptors (Lipinski definition) is 9. The first-order chi connectivity index (χ1) is 23.1. The molecule has 3 aromatic carbocycles. The van der Waals surface area contributed by atoms with Crippen molar-refractivity contribution in [2.75, 3.05) is 17.6 Å². The van der Waals surface area contributed by atoms with Crippen molar-refractivity contribution in [2.45, 2.75) is 62.2 Å². The van der Waals surface area contributed by atoms with E-state index in [0.717, 1.165) is 16.8 Å². The predicted molar refractivity (Wildman–Crippen MR) is 169 cm³/mol. The number of aromatic nitrogens is 4. The number of alkyl halides is 3. The van der Waals surface area contributed by atoms with Crippen molar-refractivity contribution in [1.82, 2.24) is 25.1 Å². The standard InChI is InChI=1S/C33H33F3N6O5S/c1-20-27(19-48-32-38-39-40-42(32)25-9-3-2-4-10-25)46-30(47-28(20)22-14-12-21(18-43)13-15-22)23-7-5-8-24(17-23)37-29(44)26-11-6-16-41(26)31(45)33(34,35)36/h2-5,7-10,12-15,17,20,26-28,30,43H,6,11,16,18-19H2,1H3,(H,37,44)/t20-,26-,27+,28+,30+/m0/s1. The molecule has 0 spiro atoms. The number of amides is 2. The highest BCUT2D eigenvalue weighted by molar-refractivity contribution is 7.99. The summed E-state index contributed by atoms with van der Waals surface area (Å²) >= 11 is 1.43. The van der Waals surface area contributed by atoms with Crippen LogP contribution in [0.4, 0.5) is 18.9 Å². The third-order valence-electron chi connectivity index (χ3n) is 8.43. The number of nitrogens with zero attached hydrogens (tertiary/aromatic N) is 5. The first-order valence-electron chi connectivity index (χ1n) is 15.4. The van der Waals surface area contributed by atoms with E-state index in [0.29, 0.717) is 33.5 Å². The van der Waals surface area contributed by atoms with E-state index in [1.54, 1.807) is 28.9 Å². The number of para-hydroxylation sites is 1. The van der Waals surface area contributed by atoms with Crippen LogP contribution >= 0.6 is 11.8 Å². The highest BCUT2D eigenvalue weighted by atomic mass is 32.2. The van der Waals surface area contributed by atoms with Crippen LogP contribution in [0.15, 0.2) is 84.0 Å². The molecule has 252 valence electrons. The molecule has 2 aliphatic rings. The number of tetrazole rings is 1. The average molecular weight is 683 g/mol. The summed E-state index contributed by atoms with van der Waals surface area (Å²) in [5.41, 5.74) is 3.36. The van der Waals surface area contributed by atoms with Crippen LogP contribution in [0.25, 0.3) is 5.69 Å². The molecule has 0 unspecified atom stereocenters. The number of aliphatic hydroxyl groups excluding tert-OH is 1. The van der Waals surface area contributed by atoms with Crippen molar-refractivity contribution in [2.24, 2.45) is 5.92 Å². The number of anilines is 1. The van der Waals surface area contributed by atoms with E-state index in [-0.39, 0.29) is 31.6 Å². The predicted octanol–water partition coefficient (Wildman–Crippen LogP) is 5.23. The van der Waals surface area contributed by atoms with Gasteiger partial charge in [0.2, 0.25) is 11.1 Å². The maximum atomic E-state index is 13.1. The van der Waals surface area contributed by atoms with Gasteiger partial charge in [-0.25, -0.2) is 0 Å². The highest BCUT2D eigenvalue weighted by Gasteiger charge is 2.47. The quantitative estimate of drug-likeness (QED) is 0.228. The zero-order valence-electron chi connectivity index (χ0n) is 25.8. The normalized spacial score (nSPS) is 22.9. The molecule has 5 atom stereocenters. The Kier molecular flexibility index (Phi) is 10.1. The lowest BCUT2D eigenvalue weighted by atomic mass is 9.91. The van der Waals surface area contributed by atoms with Gasteiger partial charge in [-0.3, -0.25) is 9.59 Å². The summed E-state index contributed by atoms with van der Waals surface area (Å²) < 4.78 is 54.1. The molecule has 2 saturated heterocycles. The zero-order chi connectivity index (χ0) is 33.8. The van der Waals surface area contributed by atoms with Crippen molar-refractivity contribution >= 4 is 29.3 Å². The van der Waals surface area contributed by atoms with Gasteiger partial charge in [0.1, 0.15) is 6.04 Å². The van der Waals surface area contributed by atoms with Gasteiger partial charge in [-0.15, -0.1) is 5.10 Å². The molecule has 11 nitrogen and oxygen atoms in total. The van der Waals surface area contributed by atoms with E-state index in [9.17, 15) is 27.9 Å². The number of benzene rings is 3. The van der Waals surface area contributed by atoms with Crippen LogP contribution in [0.2, 0.25) is 0 Å². The summed E-state index contributed by atoms with van der Waals surface area (Å²) in [7, 11) is 0. The smallest absolute Gasteiger partial charge is 0.392 e. The lowest BCUT2D eigenvalue weighted by Crippen LogP contribution is -2.48. The number of ether oxygens (including phenoxy) is 2. The zero-order valence-corrected chi connectivity index (χ0v) is 26.6. The highest BCUT2D eigenvalue weighted by Crippen LogP contribution is 2.43. The summed E-state index contributed by atoms with van der Waals surface area (Å²) in [6.45, 7) is 1.79. The molecule has 0 aliphatic carbocycles. The molecular weight excluding hydrogens is 649 g/mol. The van der Waals surface area contributed by atoms with Gasteiger partial charge in [0.15, 0.2) is 6.29 Å². The molecule has 0 bridgehead atoms. The van der Waals surface area contributed by atoms with Crippen molar-refractivity contribution < 1.29 is 37.3 Å². The second-order valence-corrected chi connectivity index (χ2v) is 12.6. The number of thioether (sulfide) groups is 1. The van der Waals surface area contributed by atoms with Crippen molar-refractivity contribution in [1.29, 1.82) is 0 Å². The number of carbonyl (C=O) groups excluding carboxylic acids is 2. The van der Waals surface area contributed by atoms with E-state index in [2.05, 4.69) is 20.8 Å². The first-order valence-corrected chi connectivity index (χ1v) is 16.4. The van der Waals surface area contributed by atoms with Gasteiger partial charge >= 0.3 is 12.1 Å². The molecule has 2 amide bonds. The molecule has 3 heterocycles. The molecule has 2 N–H and O–H groups in total. The fourth-order valence-electron chi connectivity index (χ4n) is 5.90. The largest absolute Gasteiger partial charge is 0.471 e. The molecule has 2 aliphatic heterocycles. The van der Waals surface area contributed by atoms with Gasteiger partial charge in [-0.1, -0.05) is 73.3 Å². The van der Waals surface area contributed by atoms with Gasteiger partial charge in [0.25, 0.3) is 0 Å². The van der Waals surface area contributed by atoms with Gasteiger partial charge in [0.05, 0.1) is 24.5 Å². The second-order valence-electron chi connectivity index (χ2n) is 11.6. The van der Waals surface area contributed by atoms with Gasteiger partial charge in [0, 0.05) is 29.5 Å². The number of aliphatic hydroxyl groups is 1. The summed E-state index contributed by atoms with van der Waals surface area (Å²) in [6, 6.07) is 22.5. The Morgan fingerprint density at radius 3 is 2.52 bits per heavy atom. The molecule has 0 saturated carbocycles. The topological polar surface area (TPSA) is 132 Å². The molecular formula is C33H33F3N6O5S. The lowest BCUT2D eigenvalue weighted by Gasteiger charge is -2.41. The number of carbonyl (C=O) groups is 2. The number of halogens is 3. The van der Waals surface area contributed by atoms with Crippen LogP contribution in [0.5, 0.6) is 0 Å². The number of hydrogen-bond donors (Lipinski definition) is 2. The number of nitrogens with one attached hydrogen (secondary N) is 1. The second kappa shape index (κ2) is 14.4. The first kappa shape index (κ1) is 33.6.